The number of hydrogen-bond donors (Lipinski definition) is 1. The van der Waals surface area contributed by atoms with Crippen LogP contribution in [0.1, 0.15) is 36.7 Å². The highest BCUT2D eigenvalue weighted by Crippen LogP contribution is 2.24. The van der Waals surface area contributed by atoms with Crippen molar-refractivity contribution in [1.82, 2.24) is 9.62 Å². The second-order valence-electron chi connectivity index (χ2n) is 6.56. The molecule has 140 valence electrons. The zero-order valence-electron chi connectivity index (χ0n) is 14.9. The van der Waals surface area contributed by atoms with Crippen LogP contribution in [-0.4, -0.2) is 32.3 Å². The molecule has 0 aliphatic heterocycles. The zero-order valence-corrected chi connectivity index (χ0v) is 15.7. The minimum atomic E-state index is -3.59. The van der Waals surface area contributed by atoms with Crippen LogP contribution in [0.15, 0.2) is 45.9 Å². The number of aryl methyl sites for hydroxylation is 2. The van der Waals surface area contributed by atoms with E-state index in [1.54, 1.807) is 35.4 Å². The normalized spacial score (nSPS) is 14.0. The van der Waals surface area contributed by atoms with Gasteiger partial charge in [0.25, 0.3) is 0 Å². The van der Waals surface area contributed by atoms with E-state index in [1.807, 2.05) is 6.07 Å². The van der Waals surface area contributed by atoms with Gasteiger partial charge in [-0.2, -0.15) is 0 Å². The molecule has 1 aliphatic rings. The molecule has 26 heavy (non-hydrogen) atoms. The average molecular weight is 376 g/mol. The van der Waals surface area contributed by atoms with Gasteiger partial charge in [-0.3, -0.25) is 4.79 Å². The van der Waals surface area contributed by atoms with Gasteiger partial charge in [0.15, 0.2) is 0 Å². The lowest BCUT2D eigenvalue weighted by Gasteiger charge is -2.20. The van der Waals surface area contributed by atoms with Gasteiger partial charge in [0.2, 0.25) is 15.9 Å². The van der Waals surface area contributed by atoms with Crippen LogP contribution in [0, 0.1) is 0 Å². The minimum absolute atomic E-state index is 0.130. The highest BCUT2D eigenvalue weighted by atomic mass is 32.2. The molecule has 0 atom stereocenters. The second-order valence-corrected chi connectivity index (χ2v) is 8.32. The monoisotopic (exact) mass is 376 g/mol. The maximum atomic E-state index is 12.6. The summed E-state index contributed by atoms with van der Waals surface area (Å²) in [7, 11) is -3.59. The molecule has 0 unspecified atom stereocenters. The summed E-state index contributed by atoms with van der Waals surface area (Å²) in [4.78, 5) is 13.6. The smallest absolute Gasteiger partial charge is 0.240 e. The molecule has 1 aromatic heterocycles. The van der Waals surface area contributed by atoms with Crippen molar-refractivity contribution in [3.05, 3.63) is 53.5 Å². The Bertz CT molecular complexity index is 860. The Hall–Kier alpha value is -2.12. The third kappa shape index (κ3) is 4.53. The highest BCUT2D eigenvalue weighted by Gasteiger charge is 2.18. The van der Waals surface area contributed by atoms with Gasteiger partial charge in [-0.1, -0.05) is 6.07 Å². The number of amides is 1. The van der Waals surface area contributed by atoms with Crippen molar-refractivity contribution in [2.45, 2.75) is 44.0 Å². The largest absolute Gasteiger partial charge is 0.467 e. The Morgan fingerprint density at radius 2 is 1.96 bits per heavy atom. The summed E-state index contributed by atoms with van der Waals surface area (Å²) in [6, 6.07) is 8.90. The predicted molar refractivity (Wildman–Crippen MR) is 98.1 cm³/mol. The molecule has 0 saturated carbocycles. The number of carbonyl (C=O) groups excluding carboxylic acids is 1. The van der Waals surface area contributed by atoms with Crippen LogP contribution < -0.4 is 4.72 Å². The molecular formula is C19H24N2O4S. The third-order valence-corrected chi connectivity index (χ3v) is 6.13. The predicted octanol–water partition coefficient (Wildman–Crippen LogP) is 2.49. The van der Waals surface area contributed by atoms with Crippen molar-refractivity contribution in [1.29, 1.82) is 0 Å². The molecule has 2 aromatic rings. The van der Waals surface area contributed by atoms with Crippen molar-refractivity contribution in [2.24, 2.45) is 0 Å². The number of sulfonamides is 1. The fourth-order valence-electron chi connectivity index (χ4n) is 3.21. The summed E-state index contributed by atoms with van der Waals surface area (Å²) in [5.41, 5.74) is 2.37. The van der Waals surface area contributed by atoms with E-state index in [2.05, 4.69) is 4.72 Å². The molecule has 1 amide bonds. The number of nitrogens with zero attached hydrogens (tertiary/aromatic N) is 1. The van der Waals surface area contributed by atoms with Crippen LogP contribution in [0.3, 0.4) is 0 Å². The topological polar surface area (TPSA) is 79.6 Å². The van der Waals surface area contributed by atoms with Gasteiger partial charge < -0.3 is 9.32 Å². The van der Waals surface area contributed by atoms with E-state index in [0.29, 0.717) is 17.2 Å². The van der Waals surface area contributed by atoms with Gasteiger partial charge in [0.1, 0.15) is 5.76 Å². The summed E-state index contributed by atoms with van der Waals surface area (Å²) in [5.74, 6) is 0.534. The van der Waals surface area contributed by atoms with Crippen LogP contribution in [0.5, 0.6) is 0 Å². The maximum absolute atomic E-state index is 12.6. The molecule has 0 fully saturated rings. The molecule has 0 spiro atoms. The fourth-order valence-corrected chi connectivity index (χ4v) is 4.29. The Labute approximate surface area is 154 Å². The van der Waals surface area contributed by atoms with E-state index in [-0.39, 0.29) is 19.0 Å². The maximum Gasteiger partial charge on any atom is 0.240 e. The molecule has 0 radical (unpaired) electrons. The molecular weight excluding hydrogens is 352 g/mol. The van der Waals surface area contributed by atoms with Gasteiger partial charge >= 0.3 is 0 Å². The van der Waals surface area contributed by atoms with Crippen molar-refractivity contribution in [3.63, 3.8) is 0 Å². The van der Waals surface area contributed by atoms with E-state index in [1.165, 1.54) is 12.5 Å². The summed E-state index contributed by atoms with van der Waals surface area (Å²) in [6.07, 6.45) is 5.76. The molecule has 1 aliphatic carbocycles. The minimum Gasteiger partial charge on any atom is -0.467 e. The molecule has 6 nitrogen and oxygen atoms in total. The van der Waals surface area contributed by atoms with Crippen LogP contribution >= 0.6 is 0 Å². The van der Waals surface area contributed by atoms with E-state index >= 15 is 0 Å². The van der Waals surface area contributed by atoms with E-state index < -0.39 is 10.0 Å². The Morgan fingerprint density at radius 3 is 2.65 bits per heavy atom. The Balaban J connectivity index is 1.61. The molecule has 1 N–H and O–H groups in total. The molecule has 7 heteroatoms. The lowest BCUT2D eigenvalue weighted by molar-refractivity contribution is -0.129. The first-order valence-electron chi connectivity index (χ1n) is 8.85. The molecule has 0 saturated heterocycles. The summed E-state index contributed by atoms with van der Waals surface area (Å²) in [5, 5.41) is 0. The van der Waals surface area contributed by atoms with E-state index in [0.717, 1.165) is 31.2 Å². The van der Waals surface area contributed by atoms with Gasteiger partial charge in [-0.25, -0.2) is 13.1 Å². The van der Waals surface area contributed by atoms with Crippen molar-refractivity contribution in [2.75, 3.05) is 13.1 Å². The molecule has 1 heterocycles. The Morgan fingerprint density at radius 1 is 1.19 bits per heavy atom. The number of nitrogens with one attached hydrogen (secondary N) is 1. The average Bonchev–Trinajstić information content (AvgIpc) is 3.13. The number of fused-ring (bicyclic) bond motifs is 1. The standard InChI is InChI=1S/C19H24N2O4S/c1-15(22)21(14-18-7-4-12-25-18)11-10-20-26(23,24)19-9-8-16-5-2-3-6-17(16)13-19/h4,7-9,12-13,20H,2-3,5-6,10-11,14H2,1H3. The highest BCUT2D eigenvalue weighted by molar-refractivity contribution is 7.89. The third-order valence-electron chi connectivity index (χ3n) is 4.68. The lowest BCUT2D eigenvalue weighted by atomic mass is 9.92. The number of benzene rings is 1. The first kappa shape index (κ1) is 18.7. The van der Waals surface area contributed by atoms with E-state index in [9.17, 15) is 13.2 Å². The molecule has 3 rings (SSSR count). The van der Waals surface area contributed by atoms with Crippen LogP contribution in [-0.2, 0) is 34.2 Å². The van der Waals surface area contributed by atoms with Crippen molar-refractivity contribution < 1.29 is 17.6 Å². The fraction of sp³-hybridized carbons (Fsp3) is 0.421. The zero-order chi connectivity index (χ0) is 18.6. The SMILES string of the molecule is CC(=O)N(CCNS(=O)(=O)c1ccc2c(c1)CCCC2)Cc1ccco1. The van der Waals surface area contributed by atoms with Gasteiger partial charge in [-0.15, -0.1) is 0 Å². The van der Waals surface area contributed by atoms with Gasteiger partial charge in [0, 0.05) is 20.0 Å². The number of furan rings is 1. The molecule has 1 aromatic carbocycles. The Kier molecular flexibility index (Phi) is 5.78. The number of carbonyl (C=O) groups is 1. The quantitative estimate of drug-likeness (QED) is 0.805. The van der Waals surface area contributed by atoms with Crippen LogP contribution in [0.4, 0.5) is 0 Å². The summed E-state index contributed by atoms with van der Waals surface area (Å²) < 4.78 is 33.0. The van der Waals surface area contributed by atoms with Crippen molar-refractivity contribution in [3.8, 4) is 0 Å². The summed E-state index contributed by atoms with van der Waals surface area (Å²) >= 11 is 0. The first-order valence-corrected chi connectivity index (χ1v) is 10.3. The van der Waals surface area contributed by atoms with E-state index in [4.69, 9.17) is 4.42 Å². The second kappa shape index (κ2) is 8.05. The van der Waals surface area contributed by atoms with Crippen LogP contribution in [0.25, 0.3) is 0 Å². The first-order chi connectivity index (χ1) is 12.5. The molecule has 0 bridgehead atoms. The number of hydrogen-bond acceptors (Lipinski definition) is 4. The van der Waals surface area contributed by atoms with Crippen LogP contribution in [0.2, 0.25) is 0 Å². The number of rotatable bonds is 7. The van der Waals surface area contributed by atoms with Crippen molar-refractivity contribution >= 4 is 15.9 Å². The summed E-state index contributed by atoms with van der Waals surface area (Å²) in [6.45, 7) is 2.21. The van der Waals surface area contributed by atoms with Gasteiger partial charge in [0.05, 0.1) is 17.7 Å². The lowest BCUT2D eigenvalue weighted by Crippen LogP contribution is -2.37. The van der Waals surface area contributed by atoms with Gasteiger partial charge in [-0.05, 0) is 61.1 Å².